The molecule has 188 valence electrons. The first-order valence-electron chi connectivity index (χ1n) is 12.1. The monoisotopic (exact) mass is 492 g/mol. The summed E-state index contributed by atoms with van der Waals surface area (Å²) in [5.41, 5.74) is 0.418. The number of rotatable bonds is 9. The number of benzene rings is 3. The molecule has 0 radical (unpaired) electrons. The van der Waals surface area contributed by atoms with Crippen molar-refractivity contribution < 1.29 is 28.6 Å². The number of hydrogen-bond acceptors (Lipinski definition) is 4. The zero-order valence-corrected chi connectivity index (χ0v) is 19.8. The van der Waals surface area contributed by atoms with Gasteiger partial charge in [-0.1, -0.05) is 30.3 Å². The van der Waals surface area contributed by atoms with Crippen LogP contribution >= 0.6 is 0 Å². The maximum absolute atomic E-state index is 14.5. The summed E-state index contributed by atoms with van der Waals surface area (Å²) >= 11 is 0. The minimum absolute atomic E-state index is 0.106. The van der Waals surface area contributed by atoms with Crippen LogP contribution in [0, 0.1) is 17.7 Å². The van der Waals surface area contributed by atoms with Crippen molar-refractivity contribution in [1.82, 2.24) is 10.6 Å². The molecule has 0 heterocycles. The van der Waals surface area contributed by atoms with Gasteiger partial charge in [-0.15, -0.1) is 0 Å². The summed E-state index contributed by atoms with van der Waals surface area (Å²) < 4.78 is 20.2. The lowest BCUT2D eigenvalue weighted by Gasteiger charge is -2.26. The zero-order valence-electron chi connectivity index (χ0n) is 19.8. The van der Waals surface area contributed by atoms with E-state index in [4.69, 9.17) is 9.84 Å². The van der Waals surface area contributed by atoms with Gasteiger partial charge < -0.3 is 20.5 Å². The van der Waals surface area contributed by atoms with Crippen LogP contribution in [0.1, 0.15) is 46.4 Å². The van der Waals surface area contributed by atoms with Crippen LogP contribution in [0.3, 0.4) is 0 Å². The van der Waals surface area contributed by atoms with Crippen molar-refractivity contribution in [2.24, 2.45) is 11.8 Å². The Balaban J connectivity index is 1.20. The number of halogens is 1. The molecule has 0 bridgehead atoms. The Morgan fingerprint density at radius 2 is 1.56 bits per heavy atom. The average Bonchev–Trinajstić information content (AvgIpc) is 2.89. The minimum atomic E-state index is -0.752. The van der Waals surface area contributed by atoms with Crippen molar-refractivity contribution in [3.8, 4) is 5.75 Å². The summed E-state index contributed by atoms with van der Waals surface area (Å²) in [5.74, 6) is -2.01. The molecule has 2 amide bonds. The highest BCUT2D eigenvalue weighted by molar-refractivity contribution is 5.98. The lowest BCUT2D eigenvalue weighted by Crippen LogP contribution is -2.35. The van der Waals surface area contributed by atoms with Gasteiger partial charge in [-0.05, 0) is 66.6 Å². The summed E-state index contributed by atoms with van der Waals surface area (Å²) in [7, 11) is 0. The molecule has 7 nitrogen and oxygen atoms in total. The second-order valence-electron chi connectivity index (χ2n) is 9.08. The molecular formula is C28H29FN2O5. The number of carbonyl (C=O) groups excluding carboxylic acids is 2. The van der Waals surface area contributed by atoms with E-state index in [0.29, 0.717) is 30.8 Å². The molecule has 0 spiro atoms. The summed E-state index contributed by atoms with van der Waals surface area (Å²) in [5, 5.41) is 16.5. The van der Waals surface area contributed by atoms with E-state index in [0.717, 1.165) is 23.6 Å². The van der Waals surface area contributed by atoms with Gasteiger partial charge in [0.1, 0.15) is 11.6 Å². The summed E-state index contributed by atoms with van der Waals surface area (Å²) in [6, 6.07) is 17.3. The van der Waals surface area contributed by atoms with E-state index in [-0.39, 0.29) is 36.4 Å². The van der Waals surface area contributed by atoms with Crippen molar-refractivity contribution >= 4 is 28.6 Å². The molecule has 1 fully saturated rings. The molecule has 1 aliphatic rings. The number of carboxylic acids is 1. The predicted molar refractivity (Wildman–Crippen MR) is 134 cm³/mol. The molecule has 1 saturated carbocycles. The van der Waals surface area contributed by atoms with E-state index in [1.165, 1.54) is 12.1 Å². The van der Waals surface area contributed by atoms with E-state index in [1.54, 1.807) is 12.1 Å². The highest BCUT2D eigenvalue weighted by atomic mass is 19.1. The molecule has 4 rings (SSSR count). The number of carboxylic acid groups (broad SMARTS) is 1. The molecule has 0 aliphatic heterocycles. The van der Waals surface area contributed by atoms with Crippen LogP contribution in [0.15, 0.2) is 60.7 Å². The van der Waals surface area contributed by atoms with E-state index in [2.05, 4.69) is 10.6 Å². The van der Waals surface area contributed by atoms with Crippen LogP contribution in [-0.4, -0.2) is 42.6 Å². The summed E-state index contributed by atoms with van der Waals surface area (Å²) in [6.07, 6.45) is 2.77. The fraction of sp³-hybridized carbons (Fsp3) is 0.321. The molecule has 3 N–H and O–H groups in total. The molecule has 36 heavy (non-hydrogen) atoms. The Morgan fingerprint density at radius 1 is 0.861 bits per heavy atom. The molecule has 0 atom stereocenters. The minimum Gasteiger partial charge on any atom is -0.493 e. The number of hydrogen-bond donors (Lipinski definition) is 3. The second kappa shape index (κ2) is 11.7. The van der Waals surface area contributed by atoms with E-state index in [1.807, 2.05) is 36.4 Å². The van der Waals surface area contributed by atoms with Crippen LogP contribution in [0.5, 0.6) is 5.75 Å². The molecule has 8 heteroatoms. The maximum atomic E-state index is 14.5. The van der Waals surface area contributed by atoms with Gasteiger partial charge >= 0.3 is 5.97 Å². The highest BCUT2D eigenvalue weighted by Crippen LogP contribution is 2.29. The van der Waals surface area contributed by atoms with Crippen LogP contribution in [0.2, 0.25) is 0 Å². The number of carbonyl (C=O) groups is 3. The molecule has 0 saturated heterocycles. The predicted octanol–water partition coefficient (Wildman–Crippen LogP) is 4.41. The van der Waals surface area contributed by atoms with Gasteiger partial charge in [0.2, 0.25) is 0 Å². The van der Waals surface area contributed by atoms with Gasteiger partial charge in [-0.25, -0.2) is 4.39 Å². The Bertz CT molecular complexity index is 1250. The first-order valence-corrected chi connectivity index (χ1v) is 12.1. The number of fused-ring (bicyclic) bond motifs is 1. The fourth-order valence-electron chi connectivity index (χ4n) is 4.44. The van der Waals surface area contributed by atoms with E-state index < -0.39 is 17.7 Å². The Kier molecular flexibility index (Phi) is 8.15. The first-order chi connectivity index (χ1) is 17.4. The zero-order chi connectivity index (χ0) is 25.5. The highest BCUT2D eigenvalue weighted by Gasteiger charge is 2.26. The lowest BCUT2D eigenvalue weighted by atomic mass is 9.82. The molecule has 0 aromatic heterocycles. The van der Waals surface area contributed by atoms with Gasteiger partial charge in [0.05, 0.1) is 18.1 Å². The molecule has 3 aromatic rings. The first kappa shape index (κ1) is 25.2. The van der Waals surface area contributed by atoms with Crippen LogP contribution in [-0.2, 0) is 4.79 Å². The number of nitrogens with one attached hydrogen (secondary N) is 2. The normalized spacial score (nSPS) is 17.4. The smallest absolute Gasteiger partial charge is 0.306 e. The Morgan fingerprint density at radius 3 is 2.25 bits per heavy atom. The van der Waals surface area contributed by atoms with Crippen molar-refractivity contribution in [3.05, 3.63) is 77.6 Å². The molecule has 1 aliphatic carbocycles. The molecule has 0 unspecified atom stereocenters. The third-order valence-corrected chi connectivity index (χ3v) is 6.57. The molecule has 3 aromatic carbocycles. The number of ether oxygens (including phenoxy) is 1. The van der Waals surface area contributed by atoms with Crippen LogP contribution in [0.25, 0.3) is 10.8 Å². The van der Waals surface area contributed by atoms with Gasteiger partial charge in [0.15, 0.2) is 0 Å². The topological polar surface area (TPSA) is 105 Å². The van der Waals surface area contributed by atoms with Crippen molar-refractivity contribution in [1.29, 1.82) is 0 Å². The van der Waals surface area contributed by atoms with Crippen molar-refractivity contribution in [2.45, 2.75) is 25.7 Å². The molecular weight excluding hydrogens is 463 g/mol. The SMILES string of the molecule is O=C(NCCNC(=O)c1ccc(OCC2CCC(C(=O)O)CC2)cc1F)c1ccc2ccccc2c1. The summed E-state index contributed by atoms with van der Waals surface area (Å²) in [6.45, 7) is 0.730. The lowest BCUT2D eigenvalue weighted by molar-refractivity contribution is -0.143. The number of amides is 2. The standard InChI is InChI=1S/C28H29FN2O5/c29-25-16-23(36-17-18-5-7-20(8-6-18)28(34)35)11-12-24(25)27(33)31-14-13-30-26(32)22-10-9-19-3-1-2-4-21(19)15-22/h1-4,9-12,15-16,18,20H,5-8,13-14,17H2,(H,30,32)(H,31,33)(H,34,35). The maximum Gasteiger partial charge on any atom is 0.306 e. The summed E-state index contributed by atoms with van der Waals surface area (Å²) in [4.78, 5) is 35.8. The number of aliphatic carboxylic acids is 1. The van der Waals surface area contributed by atoms with Crippen molar-refractivity contribution in [3.63, 3.8) is 0 Å². The van der Waals surface area contributed by atoms with E-state index in [9.17, 15) is 18.8 Å². The van der Waals surface area contributed by atoms with E-state index >= 15 is 0 Å². The third kappa shape index (κ3) is 6.38. The van der Waals surface area contributed by atoms with Crippen molar-refractivity contribution in [2.75, 3.05) is 19.7 Å². The van der Waals surface area contributed by atoms with Crippen LogP contribution in [0.4, 0.5) is 4.39 Å². The van der Waals surface area contributed by atoms with Gasteiger partial charge in [-0.2, -0.15) is 0 Å². The Hall–Kier alpha value is -3.94. The van der Waals surface area contributed by atoms with Crippen LogP contribution < -0.4 is 15.4 Å². The average molecular weight is 493 g/mol. The van der Waals surface area contributed by atoms with Gasteiger partial charge in [0.25, 0.3) is 11.8 Å². The quantitative estimate of drug-likeness (QED) is 0.384. The van der Waals surface area contributed by atoms with Gasteiger partial charge in [-0.3, -0.25) is 14.4 Å². The third-order valence-electron chi connectivity index (χ3n) is 6.57. The largest absolute Gasteiger partial charge is 0.493 e. The van der Waals surface area contributed by atoms with Gasteiger partial charge in [0, 0.05) is 24.7 Å². The second-order valence-corrected chi connectivity index (χ2v) is 9.08. The fourth-order valence-corrected chi connectivity index (χ4v) is 4.44. The Labute approximate surface area is 208 Å².